The largest absolute Gasteiger partial charge is 0.311 e. The molecule has 0 heterocycles. The van der Waals surface area contributed by atoms with Gasteiger partial charge in [-0.3, -0.25) is 0 Å². The highest BCUT2D eigenvalue weighted by atomic mass is 35.5. The number of halogens is 1. The molecule has 64 valence electrons. The van der Waals surface area contributed by atoms with Gasteiger partial charge in [0.15, 0.2) is 0 Å². The molecule has 0 atom stereocenters. The van der Waals surface area contributed by atoms with Crippen LogP contribution in [0.3, 0.4) is 0 Å². The van der Waals surface area contributed by atoms with Gasteiger partial charge in [-0.1, -0.05) is 19.1 Å². The van der Waals surface area contributed by atoms with E-state index in [1.807, 2.05) is 6.08 Å². The summed E-state index contributed by atoms with van der Waals surface area (Å²) in [5.74, 6) is 1.56. The van der Waals surface area contributed by atoms with E-state index in [1.165, 1.54) is 12.8 Å². The minimum absolute atomic E-state index is 0.628. The van der Waals surface area contributed by atoms with Crippen LogP contribution >= 0.6 is 11.6 Å². The molecule has 0 unspecified atom stereocenters. The fourth-order valence-electron chi connectivity index (χ4n) is 1.45. The second-order valence-electron chi connectivity index (χ2n) is 3.31. The van der Waals surface area contributed by atoms with Crippen LogP contribution in [0.5, 0.6) is 0 Å². The van der Waals surface area contributed by atoms with Crippen molar-refractivity contribution in [2.45, 2.75) is 25.8 Å². The van der Waals surface area contributed by atoms with Crippen LogP contribution in [0, 0.1) is 5.92 Å². The molecule has 1 nitrogen and oxygen atoms in total. The fraction of sp³-hybridized carbons (Fsp3) is 0.778. The number of nitrogens with one attached hydrogen (secondary N) is 1. The van der Waals surface area contributed by atoms with Crippen molar-refractivity contribution in [3.8, 4) is 0 Å². The number of alkyl halides is 1. The molecule has 11 heavy (non-hydrogen) atoms. The lowest BCUT2D eigenvalue weighted by Crippen LogP contribution is -2.40. The third-order valence-electron chi connectivity index (χ3n) is 2.15. The first-order valence-corrected chi connectivity index (χ1v) is 4.80. The van der Waals surface area contributed by atoms with E-state index in [0.29, 0.717) is 5.88 Å². The number of hydrogen-bond acceptors (Lipinski definition) is 1. The van der Waals surface area contributed by atoms with Gasteiger partial charge in [-0.05, 0) is 18.8 Å². The average molecular weight is 174 g/mol. The normalized spacial score (nSPS) is 30.7. The van der Waals surface area contributed by atoms with Crippen LogP contribution in [0.2, 0.25) is 0 Å². The molecule has 0 radical (unpaired) electrons. The zero-order valence-electron chi connectivity index (χ0n) is 7.02. The molecule has 1 fully saturated rings. The highest BCUT2D eigenvalue weighted by molar-refractivity contribution is 6.18. The van der Waals surface area contributed by atoms with Gasteiger partial charge in [0.1, 0.15) is 0 Å². The number of rotatable bonds is 4. The predicted molar refractivity (Wildman–Crippen MR) is 50.0 cm³/mol. The van der Waals surface area contributed by atoms with Gasteiger partial charge in [0.2, 0.25) is 0 Å². The van der Waals surface area contributed by atoms with Gasteiger partial charge < -0.3 is 5.32 Å². The van der Waals surface area contributed by atoms with Crippen LogP contribution in [0.25, 0.3) is 0 Å². The lowest BCUT2D eigenvalue weighted by molar-refractivity contribution is 0.248. The molecular formula is C9H16ClN. The van der Waals surface area contributed by atoms with Crippen LogP contribution in [0.1, 0.15) is 19.8 Å². The fourth-order valence-corrected chi connectivity index (χ4v) is 1.58. The maximum atomic E-state index is 5.47. The summed E-state index contributed by atoms with van der Waals surface area (Å²) in [4.78, 5) is 0. The van der Waals surface area contributed by atoms with Gasteiger partial charge in [0.25, 0.3) is 0 Å². The summed E-state index contributed by atoms with van der Waals surface area (Å²) in [6, 6.07) is 0.768. The van der Waals surface area contributed by atoms with Crippen molar-refractivity contribution in [3.05, 3.63) is 12.2 Å². The van der Waals surface area contributed by atoms with E-state index < -0.39 is 0 Å². The Balaban J connectivity index is 1.92. The van der Waals surface area contributed by atoms with Crippen molar-refractivity contribution in [1.29, 1.82) is 0 Å². The Kier molecular flexibility index (Phi) is 3.95. The Morgan fingerprint density at radius 3 is 2.73 bits per heavy atom. The molecule has 1 aliphatic carbocycles. The minimum Gasteiger partial charge on any atom is -0.311 e. The Labute approximate surface area is 73.8 Å². The van der Waals surface area contributed by atoms with Crippen molar-refractivity contribution in [2.24, 2.45) is 5.92 Å². The van der Waals surface area contributed by atoms with E-state index in [4.69, 9.17) is 11.6 Å². The highest BCUT2D eigenvalue weighted by Gasteiger charge is 2.23. The Bertz CT molecular complexity index is 128. The van der Waals surface area contributed by atoms with Crippen LogP contribution in [0.15, 0.2) is 12.2 Å². The van der Waals surface area contributed by atoms with E-state index in [-0.39, 0.29) is 0 Å². The first-order valence-electron chi connectivity index (χ1n) is 4.27. The molecule has 0 aromatic rings. The second kappa shape index (κ2) is 4.78. The molecule has 1 N–H and O–H groups in total. The average Bonchev–Trinajstić information content (AvgIpc) is 1.94. The molecule has 0 aromatic carbocycles. The van der Waals surface area contributed by atoms with Crippen molar-refractivity contribution >= 4 is 11.6 Å². The molecule has 1 saturated carbocycles. The van der Waals surface area contributed by atoms with E-state index >= 15 is 0 Å². The number of allylic oxidation sites excluding steroid dienone is 1. The third kappa shape index (κ3) is 3.26. The van der Waals surface area contributed by atoms with Crippen LogP contribution in [0.4, 0.5) is 0 Å². The summed E-state index contributed by atoms with van der Waals surface area (Å²) in [5.41, 5.74) is 0. The summed E-state index contributed by atoms with van der Waals surface area (Å²) in [5, 5.41) is 3.44. The van der Waals surface area contributed by atoms with Crippen LogP contribution in [-0.4, -0.2) is 18.5 Å². The van der Waals surface area contributed by atoms with Gasteiger partial charge >= 0.3 is 0 Å². The van der Waals surface area contributed by atoms with Crippen molar-refractivity contribution in [3.63, 3.8) is 0 Å². The molecule has 1 rings (SSSR count). The number of hydrogen-bond donors (Lipinski definition) is 1. The monoisotopic (exact) mass is 173 g/mol. The zero-order valence-corrected chi connectivity index (χ0v) is 7.77. The highest BCUT2D eigenvalue weighted by Crippen LogP contribution is 2.25. The quantitative estimate of drug-likeness (QED) is 0.508. The van der Waals surface area contributed by atoms with Crippen LogP contribution < -0.4 is 5.32 Å². The topological polar surface area (TPSA) is 12.0 Å². The van der Waals surface area contributed by atoms with Gasteiger partial charge in [-0.2, -0.15) is 0 Å². The SMILES string of the molecule is CC1CC(NC/C=C/CCl)C1. The second-order valence-corrected chi connectivity index (χ2v) is 3.62. The van der Waals surface area contributed by atoms with Gasteiger partial charge in [0.05, 0.1) is 0 Å². The Hall–Kier alpha value is -0.0100. The van der Waals surface area contributed by atoms with E-state index in [2.05, 4.69) is 18.3 Å². The molecule has 2 heteroatoms. The lowest BCUT2D eigenvalue weighted by atomic mass is 9.82. The van der Waals surface area contributed by atoms with Gasteiger partial charge in [0, 0.05) is 18.5 Å². The Morgan fingerprint density at radius 1 is 1.45 bits per heavy atom. The third-order valence-corrected chi connectivity index (χ3v) is 2.33. The predicted octanol–water partition coefficient (Wildman–Crippen LogP) is 2.17. The summed E-state index contributed by atoms with van der Waals surface area (Å²) >= 11 is 5.47. The molecule has 0 aliphatic heterocycles. The van der Waals surface area contributed by atoms with E-state index in [0.717, 1.165) is 18.5 Å². The first kappa shape index (κ1) is 9.08. The van der Waals surface area contributed by atoms with Crippen molar-refractivity contribution in [2.75, 3.05) is 12.4 Å². The van der Waals surface area contributed by atoms with Crippen molar-refractivity contribution in [1.82, 2.24) is 5.32 Å². The van der Waals surface area contributed by atoms with Gasteiger partial charge in [-0.25, -0.2) is 0 Å². The van der Waals surface area contributed by atoms with Gasteiger partial charge in [-0.15, -0.1) is 11.6 Å². The molecule has 0 saturated heterocycles. The molecule has 1 aliphatic rings. The summed E-state index contributed by atoms with van der Waals surface area (Å²) in [6.07, 6.45) is 6.76. The van der Waals surface area contributed by atoms with Crippen LogP contribution in [-0.2, 0) is 0 Å². The molecule has 0 spiro atoms. The first-order chi connectivity index (χ1) is 5.33. The smallest absolute Gasteiger partial charge is 0.0404 e. The molecule has 0 amide bonds. The summed E-state index contributed by atoms with van der Waals surface area (Å²) in [6.45, 7) is 3.27. The van der Waals surface area contributed by atoms with E-state index in [9.17, 15) is 0 Å². The maximum absolute atomic E-state index is 5.47. The summed E-state index contributed by atoms with van der Waals surface area (Å²) in [7, 11) is 0. The molecule has 0 bridgehead atoms. The zero-order chi connectivity index (χ0) is 8.10. The van der Waals surface area contributed by atoms with E-state index in [1.54, 1.807) is 0 Å². The minimum atomic E-state index is 0.628. The maximum Gasteiger partial charge on any atom is 0.0404 e. The molecular weight excluding hydrogens is 158 g/mol. The summed E-state index contributed by atoms with van der Waals surface area (Å²) < 4.78 is 0. The Morgan fingerprint density at radius 2 is 2.18 bits per heavy atom. The lowest BCUT2D eigenvalue weighted by Gasteiger charge is -2.33. The van der Waals surface area contributed by atoms with Crippen molar-refractivity contribution < 1.29 is 0 Å². The molecule has 0 aromatic heterocycles. The standard InChI is InChI=1S/C9H16ClN/c1-8-6-9(7-8)11-5-3-2-4-10/h2-3,8-9,11H,4-7H2,1H3/b3-2+.